The van der Waals surface area contributed by atoms with E-state index >= 15 is 0 Å². The number of benzene rings is 1. The number of anilines is 2. The summed E-state index contributed by atoms with van der Waals surface area (Å²) in [5.74, 6) is -0.400. The maximum atomic E-state index is 13.0. The third-order valence-electron chi connectivity index (χ3n) is 5.12. The van der Waals surface area contributed by atoms with E-state index in [4.69, 9.17) is 4.42 Å². The summed E-state index contributed by atoms with van der Waals surface area (Å²) < 4.78 is 43.7. The molecule has 2 amide bonds. The van der Waals surface area contributed by atoms with Gasteiger partial charge < -0.3 is 14.2 Å². The second kappa shape index (κ2) is 7.57. The summed E-state index contributed by atoms with van der Waals surface area (Å²) >= 11 is 0. The first-order valence-corrected chi connectivity index (χ1v) is 9.49. The molecule has 0 radical (unpaired) electrons. The highest BCUT2D eigenvalue weighted by Gasteiger charge is 2.35. The number of carbonyl (C=O) groups excluding carboxylic acids is 2. The van der Waals surface area contributed by atoms with E-state index in [2.05, 4.69) is 4.98 Å². The number of fused-ring (bicyclic) bond motifs is 1. The quantitative estimate of drug-likeness (QED) is 0.589. The standard InChI is InChI=1S/C22H18F3N3O3/c1-13-12-27(21(30)19-4-3-9-31-19)18-10-15(5-7-17(18)28(13)14(2)29)16-6-8-20(26-11-16)22(23,24)25/h3-11,13H,12H2,1-2H3/t13-/m0/s1. The first-order valence-electron chi connectivity index (χ1n) is 9.49. The van der Waals surface area contributed by atoms with Crippen molar-refractivity contribution in [1.29, 1.82) is 0 Å². The minimum Gasteiger partial charge on any atom is -0.459 e. The van der Waals surface area contributed by atoms with E-state index in [1.54, 1.807) is 35.2 Å². The van der Waals surface area contributed by atoms with E-state index in [9.17, 15) is 22.8 Å². The van der Waals surface area contributed by atoms with Crippen LogP contribution in [0.1, 0.15) is 30.1 Å². The molecule has 0 fully saturated rings. The van der Waals surface area contributed by atoms with Gasteiger partial charge in [0.25, 0.3) is 5.91 Å². The smallest absolute Gasteiger partial charge is 0.433 e. The summed E-state index contributed by atoms with van der Waals surface area (Å²) in [6.07, 6.45) is -2.00. The summed E-state index contributed by atoms with van der Waals surface area (Å²) in [4.78, 5) is 31.9. The van der Waals surface area contributed by atoms with Crippen molar-refractivity contribution in [3.05, 3.63) is 66.4 Å². The van der Waals surface area contributed by atoms with E-state index in [0.717, 1.165) is 12.3 Å². The summed E-state index contributed by atoms with van der Waals surface area (Å²) in [5.41, 5.74) is 1.03. The molecule has 0 spiro atoms. The molecule has 9 heteroatoms. The Labute approximate surface area is 175 Å². The molecular weight excluding hydrogens is 411 g/mol. The van der Waals surface area contributed by atoms with Gasteiger partial charge >= 0.3 is 6.18 Å². The second-order valence-electron chi connectivity index (χ2n) is 7.26. The maximum absolute atomic E-state index is 13.0. The summed E-state index contributed by atoms with van der Waals surface area (Å²) in [5, 5.41) is 0. The zero-order chi connectivity index (χ0) is 22.3. The fraction of sp³-hybridized carbons (Fsp3) is 0.227. The van der Waals surface area contributed by atoms with Gasteiger partial charge in [-0.15, -0.1) is 0 Å². The summed E-state index contributed by atoms with van der Waals surface area (Å²) in [6.45, 7) is 3.51. The largest absolute Gasteiger partial charge is 0.459 e. The number of pyridine rings is 1. The Morgan fingerprint density at radius 3 is 2.42 bits per heavy atom. The fourth-order valence-corrected chi connectivity index (χ4v) is 3.74. The SMILES string of the molecule is CC(=O)N1c2ccc(-c3ccc(C(F)(F)F)nc3)cc2N(C(=O)c2ccco2)C[C@@H]1C. The van der Waals surface area contributed by atoms with Gasteiger partial charge in [0, 0.05) is 25.2 Å². The Morgan fingerprint density at radius 1 is 1.10 bits per heavy atom. The molecule has 31 heavy (non-hydrogen) atoms. The fourth-order valence-electron chi connectivity index (χ4n) is 3.74. The monoisotopic (exact) mass is 429 g/mol. The molecule has 0 unspecified atom stereocenters. The molecule has 4 rings (SSSR count). The topological polar surface area (TPSA) is 66.7 Å². The van der Waals surface area contributed by atoms with Crippen LogP contribution in [0.15, 0.2) is 59.3 Å². The predicted octanol–water partition coefficient (Wildman–Crippen LogP) is 4.76. The maximum Gasteiger partial charge on any atom is 0.433 e. The Hall–Kier alpha value is -3.62. The Kier molecular flexibility index (Phi) is 5.04. The molecule has 1 aromatic carbocycles. The number of amides is 2. The van der Waals surface area contributed by atoms with Crippen LogP contribution in [-0.2, 0) is 11.0 Å². The highest BCUT2D eigenvalue weighted by Crippen LogP contribution is 2.39. The van der Waals surface area contributed by atoms with Gasteiger partial charge in [-0.3, -0.25) is 14.6 Å². The summed E-state index contributed by atoms with van der Waals surface area (Å²) in [7, 11) is 0. The molecule has 0 aliphatic carbocycles. The van der Waals surface area contributed by atoms with Crippen molar-refractivity contribution in [2.45, 2.75) is 26.1 Å². The van der Waals surface area contributed by atoms with E-state index < -0.39 is 11.9 Å². The van der Waals surface area contributed by atoms with Crippen LogP contribution in [0, 0.1) is 0 Å². The van der Waals surface area contributed by atoms with Crippen molar-refractivity contribution in [2.75, 3.05) is 16.3 Å². The number of rotatable bonds is 2. The number of nitrogens with zero attached hydrogens (tertiary/aromatic N) is 3. The van der Waals surface area contributed by atoms with Gasteiger partial charge in [-0.05, 0) is 42.8 Å². The van der Waals surface area contributed by atoms with E-state index in [1.807, 2.05) is 6.92 Å². The Bertz CT molecular complexity index is 1130. The van der Waals surface area contributed by atoms with E-state index in [0.29, 0.717) is 22.5 Å². The number of alkyl halides is 3. The highest BCUT2D eigenvalue weighted by molar-refractivity contribution is 6.10. The van der Waals surface area contributed by atoms with Gasteiger partial charge in [-0.2, -0.15) is 13.2 Å². The number of hydrogen-bond acceptors (Lipinski definition) is 4. The normalized spacial score (nSPS) is 16.2. The third-order valence-corrected chi connectivity index (χ3v) is 5.12. The first kappa shape index (κ1) is 20.6. The summed E-state index contributed by atoms with van der Waals surface area (Å²) in [6, 6.07) is 10.1. The van der Waals surface area contributed by atoms with Crippen LogP contribution in [0.5, 0.6) is 0 Å². The molecule has 0 N–H and O–H groups in total. The predicted molar refractivity (Wildman–Crippen MR) is 108 cm³/mol. The van der Waals surface area contributed by atoms with Crippen molar-refractivity contribution in [1.82, 2.24) is 4.98 Å². The average Bonchev–Trinajstić information content (AvgIpc) is 3.26. The van der Waals surface area contributed by atoms with Crippen molar-refractivity contribution in [3.63, 3.8) is 0 Å². The molecule has 2 aromatic heterocycles. The number of aromatic nitrogens is 1. The molecule has 1 aliphatic rings. The van der Waals surface area contributed by atoms with Gasteiger partial charge in [0.05, 0.1) is 23.7 Å². The molecule has 3 heterocycles. The Balaban J connectivity index is 1.80. The zero-order valence-corrected chi connectivity index (χ0v) is 16.7. The average molecular weight is 429 g/mol. The number of hydrogen-bond donors (Lipinski definition) is 0. The van der Waals surface area contributed by atoms with Gasteiger partial charge in [-0.1, -0.05) is 12.1 Å². The first-order chi connectivity index (χ1) is 14.7. The lowest BCUT2D eigenvalue weighted by Gasteiger charge is -2.40. The van der Waals surface area contributed by atoms with E-state index in [-0.39, 0.29) is 30.2 Å². The minimum atomic E-state index is -4.53. The second-order valence-corrected chi connectivity index (χ2v) is 7.26. The number of furan rings is 1. The van der Waals surface area contributed by atoms with E-state index in [1.165, 1.54) is 24.2 Å². The third kappa shape index (κ3) is 3.78. The minimum absolute atomic E-state index is 0.149. The van der Waals surface area contributed by atoms with Crippen molar-refractivity contribution < 1.29 is 27.2 Å². The number of carbonyl (C=O) groups is 2. The molecule has 0 saturated heterocycles. The molecule has 6 nitrogen and oxygen atoms in total. The molecule has 0 saturated carbocycles. The van der Waals surface area contributed by atoms with Crippen LogP contribution >= 0.6 is 0 Å². The Morgan fingerprint density at radius 2 is 1.84 bits per heavy atom. The van der Waals surface area contributed by atoms with Crippen LogP contribution in [0.3, 0.4) is 0 Å². The van der Waals surface area contributed by atoms with Gasteiger partial charge in [0.1, 0.15) is 5.69 Å². The van der Waals surface area contributed by atoms with Gasteiger partial charge in [0.2, 0.25) is 5.91 Å². The van der Waals surface area contributed by atoms with Gasteiger partial charge in [0.15, 0.2) is 5.76 Å². The van der Waals surface area contributed by atoms with Crippen molar-refractivity contribution >= 4 is 23.2 Å². The molecular formula is C22H18F3N3O3. The van der Waals surface area contributed by atoms with Crippen LogP contribution < -0.4 is 9.80 Å². The lowest BCUT2D eigenvalue weighted by Crippen LogP contribution is -2.51. The lowest BCUT2D eigenvalue weighted by molar-refractivity contribution is -0.141. The molecule has 1 aliphatic heterocycles. The molecule has 160 valence electrons. The van der Waals surface area contributed by atoms with Crippen LogP contribution in [0.2, 0.25) is 0 Å². The van der Waals surface area contributed by atoms with Crippen LogP contribution in [0.25, 0.3) is 11.1 Å². The number of halogens is 3. The van der Waals surface area contributed by atoms with Crippen LogP contribution in [-0.4, -0.2) is 29.4 Å². The molecule has 3 aromatic rings. The highest BCUT2D eigenvalue weighted by atomic mass is 19.4. The van der Waals surface area contributed by atoms with Crippen molar-refractivity contribution in [3.8, 4) is 11.1 Å². The van der Waals surface area contributed by atoms with Crippen molar-refractivity contribution in [2.24, 2.45) is 0 Å². The lowest BCUT2D eigenvalue weighted by atomic mass is 10.0. The molecule has 1 atom stereocenters. The van der Waals surface area contributed by atoms with Crippen LogP contribution in [0.4, 0.5) is 24.5 Å². The zero-order valence-electron chi connectivity index (χ0n) is 16.7. The molecule has 0 bridgehead atoms. The van der Waals surface area contributed by atoms with Gasteiger partial charge in [-0.25, -0.2) is 0 Å².